The second-order valence-corrected chi connectivity index (χ2v) is 7.71. The van der Waals surface area contributed by atoms with E-state index in [4.69, 9.17) is 9.47 Å². The highest BCUT2D eigenvalue weighted by Gasteiger charge is 2.54. The van der Waals surface area contributed by atoms with Crippen LogP contribution in [0.5, 0.6) is 0 Å². The van der Waals surface area contributed by atoms with Gasteiger partial charge in [0.05, 0.1) is 25.9 Å². The molecule has 144 valence electrons. The molecule has 4 heteroatoms. The maximum atomic E-state index is 10.1. The zero-order chi connectivity index (χ0) is 18.6. The number of aliphatic hydroxyl groups excluding tert-OH is 1. The van der Waals surface area contributed by atoms with Crippen LogP contribution < -0.4 is 0 Å². The van der Waals surface area contributed by atoms with Crippen LogP contribution in [0, 0.1) is 0 Å². The molecule has 4 rings (SSSR count). The molecule has 0 aromatic heterocycles. The van der Waals surface area contributed by atoms with Gasteiger partial charge in [0.15, 0.2) is 0 Å². The fourth-order valence-electron chi connectivity index (χ4n) is 4.69. The monoisotopic (exact) mass is 367 g/mol. The number of hydrogen-bond donors (Lipinski definition) is 1. The zero-order valence-electron chi connectivity index (χ0n) is 15.9. The van der Waals surface area contributed by atoms with Crippen molar-refractivity contribution in [2.24, 2.45) is 0 Å². The van der Waals surface area contributed by atoms with E-state index in [2.05, 4.69) is 36.1 Å². The van der Waals surface area contributed by atoms with Crippen molar-refractivity contribution in [2.45, 2.75) is 63.3 Å². The van der Waals surface area contributed by atoms with Crippen LogP contribution in [0.4, 0.5) is 0 Å². The average Bonchev–Trinajstić information content (AvgIpc) is 3.23. The first kappa shape index (κ1) is 18.6. The summed E-state index contributed by atoms with van der Waals surface area (Å²) in [4.78, 5) is 2.44. The van der Waals surface area contributed by atoms with Gasteiger partial charge < -0.3 is 14.6 Å². The Hall–Kier alpha value is -1.72. The second kappa shape index (κ2) is 8.53. The number of fused-ring (bicyclic) bond motifs is 1. The van der Waals surface area contributed by atoms with E-state index in [0.717, 1.165) is 18.4 Å². The van der Waals surface area contributed by atoms with Crippen LogP contribution in [0.25, 0.3) is 0 Å². The van der Waals surface area contributed by atoms with E-state index in [-0.39, 0.29) is 24.9 Å². The smallest absolute Gasteiger partial charge is 0.103 e. The molecular weight excluding hydrogens is 338 g/mol. The highest BCUT2D eigenvalue weighted by atomic mass is 16.5. The quantitative estimate of drug-likeness (QED) is 0.815. The molecule has 1 N–H and O–H groups in total. The third kappa shape index (κ3) is 3.94. The lowest BCUT2D eigenvalue weighted by Gasteiger charge is -2.29. The molecule has 0 spiro atoms. The van der Waals surface area contributed by atoms with Gasteiger partial charge in [-0.2, -0.15) is 0 Å². The summed E-state index contributed by atoms with van der Waals surface area (Å²) in [5, 5.41) is 10.1. The van der Waals surface area contributed by atoms with Gasteiger partial charge in [-0.3, -0.25) is 4.90 Å². The van der Waals surface area contributed by atoms with E-state index >= 15 is 0 Å². The Bertz CT molecular complexity index is 665. The molecule has 2 aromatic carbocycles. The van der Waals surface area contributed by atoms with Gasteiger partial charge in [0.2, 0.25) is 0 Å². The van der Waals surface area contributed by atoms with Crippen molar-refractivity contribution in [2.75, 3.05) is 6.61 Å². The Morgan fingerprint density at radius 1 is 0.852 bits per heavy atom. The largest absolute Gasteiger partial charge is 0.395 e. The highest BCUT2D eigenvalue weighted by Crippen LogP contribution is 2.40. The number of rotatable bonds is 7. The van der Waals surface area contributed by atoms with Crippen molar-refractivity contribution in [3.63, 3.8) is 0 Å². The average molecular weight is 367 g/mol. The van der Waals surface area contributed by atoms with Gasteiger partial charge in [0.25, 0.3) is 0 Å². The third-order valence-electron chi connectivity index (χ3n) is 5.99. The van der Waals surface area contributed by atoms with E-state index < -0.39 is 0 Å². The molecule has 2 aromatic rings. The molecule has 4 nitrogen and oxygen atoms in total. The van der Waals surface area contributed by atoms with Crippen LogP contribution in [0.3, 0.4) is 0 Å². The van der Waals surface area contributed by atoms with Gasteiger partial charge >= 0.3 is 0 Å². The molecule has 0 radical (unpaired) electrons. The Morgan fingerprint density at radius 2 is 1.41 bits per heavy atom. The molecule has 2 aliphatic rings. The molecule has 2 aliphatic heterocycles. The van der Waals surface area contributed by atoms with Gasteiger partial charge in [-0.1, -0.05) is 60.7 Å². The lowest BCUT2D eigenvalue weighted by Crippen LogP contribution is -2.43. The minimum absolute atomic E-state index is 0.00279. The maximum absolute atomic E-state index is 10.1. The number of ether oxygens (including phenoxy) is 2. The van der Waals surface area contributed by atoms with Crippen LogP contribution in [-0.2, 0) is 22.7 Å². The summed E-state index contributed by atoms with van der Waals surface area (Å²) in [5.41, 5.74) is 2.32. The van der Waals surface area contributed by atoms with Crippen LogP contribution >= 0.6 is 0 Å². The first-order valence-corrected chi connectivity index (χ1v) is 9.97. The lowest BCUT2D eigenvalue weighted by atomic mass is 10.0. The minimum Gasteiger partial charge on any atom is -0.395 e. The zero-order valence-corrected chi connectivity index (χ0v) is 15.9. The molecule has 0 amide bonds. The number of hydrogen-bond acceptors (Lipinski definition) is 4. The summed E-state index contributed by atoms with van der Waals surface area (Å²) < 4.78 is 12.8. The van der Waals surface area contributed by atoms with E-state index in [1.807, 2.05) is 36.4 Å². The SMILES string of the molecule is C[C@H]1CC[C@H]2[C@H](OCc3ccccc3)[C@H](OCc3ccccc3)[C@@H](CO)N12. The molecular formula is C23H29NO3. The summed E-state index contributed by atoms with van der Waals surface area (Å²) in [7, 11) is 0. The summed E-state index contributed by atoms with van der Waals surface area (Å²) in [5.74, 6) is 0. The van der Waals surface area contributed by atoms with Crippen molar-refractivity contribution in [1.82, 2.24) is 4.90 Å². The predicted molar refractivity (Wildman–Crippen MR) is 105 cm³/mol. The molecule has 0 saturated carbocycles. The van der Waals surface area contributed by atoms with Crippen molar-refractivity contribution >= 4 is 0 Å². The normalized spacial score (nSPS) is 30.5. The van der Waals surface area contributed by atoms with Gasteiger partial charge in [0, 0.05) is 12.1 Å². The Morgan fingerprint density at radius 3 is 1.96 bits per heavy atom. The molecule has 0 aliphatic carbocycles. The van der Waals surface area contributed by atoms with Gasteiger partial charge in [-0.25, -0.2) is 0 Å². The lowest BCUT2D eigenvalue weighted by molar-refractivity contribution is -0.0840. The summed E-state index contributed by atoms with van der Waals surface area (Å²) in [6, 6.07) is 21.3. The highest BCUT2D eigenvalue weighted by molar-refractivity contribution is 5.15. The van der Waals surface area contributed by atoms with Crippen molar-refractivity contribution in [1.29, 1.82) is 0 Å². The third-order valence-corrected chi connectivity index (χ3v) is 5.99. The minimum atomic E-state index is -0.119. The van der Waals surface area contributed by atoms with E-state index in [1.54, 1.807) is 0 Å². The van der Waals surface area contributed by atoms with Crippen molar-refractivity contribution in [3.8, 4) is 0 Å². The number of benzene rings is 2. The standard InChI is InChI=1S/C23H29NO3/c1-17-12-13-20-22(26-15-18-8-4-2-5-9-18)23(21(14-25)24(17)20)27-16-19-10-6-3-7-11-19/h2-11,17,20-23,25H,12-16H2,1H3/t17-,20-,21+,22-,23+/m0/s1. The fourth-order valence-corrected chi connectivity index (χ4v) is 4.69. The van der Waals surface area contributed by atoms with E-state index in [9.17, 15) is 5.11 Å². The van der Waals surface area contributed by atoms with Crippen molar-refractivity contribution in [3.05, 3.63) is 71.8 Å². The van der Waals surface area contributed by atoms with Crippen LogP contribution in [0.2, 0.25) is 0 Å². The first-order valence-electron chi connectivity index (χ1n) is 9.97. The molecule has 27 heavy (non-hydrogen) atoms. The Kier molecular flexibility index (Phi) is 5.89. The van der Waals surface area contributed by atoms with Gasteiger partial charge in [-0.15, -0.1) is 0 Å². The maximum Gasteiger partial charge on any atom is 0.103 e. The predicted octanol–water partition coefficient (Wildman–Crippen LogP) is 3.38. The topological polar surface area (TPSA) is 41.9 Å². The molecule has 2 saturated heterocycles. The van der Waals surface area contributed by atoms with Gasteiger partial charge in [0.1, 0.15) is 12.2 Å². The second-order valence-electron chi connectivity index (χ2n) is 7.71. The number of aliphatic hydroxyl groups is 1. The Labute approximate surface area is 161 Å². The summed E-state index contributed by atoms with van der Waals surface area (Å²) >= 11 is 0. The van der Waals surface area contributed by atoms with E-state index in [1.165, 1.54) is 5.56 Å². The molecule has 2 fully saturated rings. The summed E-state index contributed by atoms with van der Waals surface area (Å²) in [6.07, 6.45) is 2.11. The molecule has 2 heterocycles. The first-order chi connectivity index (χ1) is 13.3. The van der Waals surface area contributed by atoms with E-state index in [0.29, 0.717) is 25.3 Å². The summed E-state index contributed by atoms with van der Waals surface area (Å²) in [6.45, 7) is 3.47. The fraction of sp³-hybridized carbons (Fsp3) is 0.478. The molecule has 5 atom stereocenters. The van der Waals surface area contributed by atoms with Crippen LogP contribution in [-0.4, -0.2) is 46.9 Å². The van der Waals surface area contributed by atoms with Crippen molar-refractivity contribution < 1.29 is 14.6 Å². The van der Waals surface area contributed by atoms with Crippen LogP contribution in [0.1, 0.15) is 30.9 Å². The van der Waals surface area contributed by atoms with Gasteiger partial charge in [-0.05, 0) is 30.9 Å². The molecule has 0 unspecified atom stereocenters. The number of nitrogens with zero attached hydrogens (tertiary/aromatic N) is 1. The van der Waals surface area contributed by atoms with Crippen LogP contribution in [0.15, 0.2) is 60.7 Å². The Balaban J connectivity index is 1.50. The molecule has 0 bridgehead atoms.